The van der Waals surface area contributed by atoms with Gasteiger partial charge in [-0.05, 0) is 55.0 Å². The van der Waals surface area contributed by atoms with Crippen LogP contribution in [-0.4, -0.2) is 41.2 Å². The molecule has 1 saturated heterocycles. The summed E-state index contributed by atoms with van der Waals surface area (Å²) in [6.07, 6.45) is 3.35. The molecule has 6 nitrogen and oxygen atoms in total. The molecule has 3 heterocycles. The Morgan fingerprint density at radius 3 is 2.57 bits per heavy atom. The molecule has 7 heteroatoms. The minimum absolute atomic E-state index is 0.655. The third kappa shape index (κ3) is 5.03. The van der Waals surface area contributed by atoms with Crippen LogP contribution in [0, 0.1) is 5.92 Å². The zero-order valence-electron chi connectivity index (χ0n) is 19.9. The molecule has 2 aromatic carbocycles. The van der Waals surface area contributed by atoms with Gasteiger partial charge in [-0.1, -0.05) is 31.2 Å². The molecule has 1 fully saturated rings. The Balaban J connectivity index is 1.35. The second kappa shape index (κ2) is 9.93. The van der Waals surface area contributed by atoms with E-state index in [4.69, 9.17) is 24.2 Å². The lowest BCUT2D eigenvalue weighted by Gasteiger charge is -2.25. The minimum atomic E-state index is 0.655. The number of morpholine rings is 1. The Labute approximate surface area is 209 Å². The van der Waals surface area contributed by atoms with Crippen molar-refractivity contribution in [3.05, 3.63) is 70.9 Å². The van der Waals surface area contributed by atoms with Crippen LogP contribution in [0.2, 0.25) is 0 Å². The lowest BCUT2D eigenvalue weighted by atomic mass is 9.89. The van der Waals surface area contributed by atoms with E-state index in [1.165, 1.54) is 16.9 Å². The van der Waals surface area contributed by atoms with Crippen LogP contribution in [0.25, 0.3) is 10.2 Å². The second-order valence-corrected chi connectivity index (χ2v) is 10.4. The molecule has 0 amide bonds. The third-order valence-corrected chi connectivity index (χ3v) is 7.78. The summed E-state index contributed by atoms with van der Waals surface area (Å²) in [6, 6.07) is 17.5. The van der Waals surface area contributed by atoms with Crippen molar-refractivity contribution in [2.75, 3.05) is 26.3 Å². The highest BCUT2D eigenvalue weighted by Gasteiger charge is 2.25. The Morgan fingerprint density at radius 2 is 1.74 bits per heavy atom. The molecular weight excluding hydrogens is 458 g/mol. The topological polar surface area (TPSA) is 56.7 Å². The van der Waals surface area contributed by atoms with Crippen molar-refractivity contribution in [1.29, 1.82) is 0 Å². The molecule has 0 unspecified atom stereocenters. The highest BCUT2D eigenvalue weighted by Crippen LogP contribution is 2.42. The van der Waals surface area contributed by atoms with Crippen LogP contribution in [0.4, 0.5) is 0 Å². The fourth-order valence-electron chi connectivity index (χ4n) is 4.79. The van der Waals surface area contributed by atoms with Crippen molar-refractivity contribution in [3.8, 4) is 23.1 Å². The van der Waals surface area contributed by atoms with Crippen molar-refractivity contribution >= 4 is 21.6 Å². The van der Waals surface area contributed by atoms with E-state index in [1.54, 1.807) is 0 Å². The number of nitrogens with zero attached hydrogens (tertiary/aromatic N) is 3. The summed E-state index contributed by atoms with van der Waals surface area (Å²) in [5.41, 5.74) is 1.37. The zero-order valence-corrected chi connectivity index (χ0v) is 20.7. The van der Waals surface area contributed by atoms with Crippen LogP contribution in [0.15, 0.2) is 54.6 Å². The molecule has 1 atom stereocenters. The van der Waals surface area contributed by atoms with E-state index < -0.39 is 0 Å². The molecule has 0 spiro atoms. The SMILES string of the molecule is C[C@@H]1CCc2c(sc3nc(CN4CCOCC4)nc(Oc4cccc(Oc5ccccc5)c4)c23)C1. The van der Waals surface area contributed by atoms with Crippen molar-refractivity contribution in [2.24, 2.45) is 5.92 Å². The van der Waals surface area contributed by atoms with E-state index in [-0.39, 0.29) is 0 Å². The normalized spacial score (nSPS) is 18.4. The number of hydrogen-bond acceptors (Lipinski definition) is 7. The number of hydrogen-bond donors (Lipinski definition) is 0. The number of aryl methyl sites for hydroxylation is 1. The third-order valence-electron chi connectivity index (χ3n) is 6.64. The average Bonchev–Trinajstić information content (AvgIpc) is 3.23. The molecular formula is C28H29N3O3S. The van der Waals surface area contributed by atoms with Gasteiger partial charge in [0.2, 0.25) is 5.88 Å². The molecule has 2 aromatic heterocycles. The van der Waals surface area contributed by atoms with Gasteiger partial charge in [0, 0.05) is 24.0 Å². The van der Waals surface area contributed by atoms with Gasteiger partial charge in [-0.25, -0.2) is 4.98 Å². The standard InChI is InChI=1S/C28H29N3O3S/c1-19-10-11-23-24(16-19)35-28-26(23)27(29-25(30-28)18-31-12-14-32-15-13-31)34-22-9-5-8-21(17-22)33-20-6-3-2-4-7-20/h2-9,17,19H,10-16,18H2,1H3/t19-/m1/s1. The van der Waals surface area contributed by atoms with E-state index in [0.29, 0.717) is 24.1 Å². The Morgan fingerprint density at radius 1 is 0.971 bits per heavy atom. The molecule has 2 aliphatic rings. The van der Waals surface area contributed by atoms with Crippen molar-refractivity contribution in [2.45, 2.75) is 32.7 Å². The zero-order chi connectivity index (χ0) is 23.6. The fraction of sp³-hybridized carbons (Fsp3) is 0.357. The second-order valence-electron chi connectivity index (χ2n) is 9.36. The van der Waals surface area contributed by atoms with Gasteiger partial charge in [0.15, 0.2) is 0 Å². The van der Waals surface area contributed by atoms with Crippen LogP contribution in [0.5, 0.6) is 23.1 Å². The van der Waals surface area contributed by atoms with Crippen molar-refractivity contribution < 1.29 is 14.2 Å². The lowest BCUT2D eigenvalue weighted by Crippen LogP contribution is -2.36. The van der Waals surface area contributed by atoms with Crippen molar-refractivity contribution in [3.63, 3.8) is 0 Å². The van der Waals surface area contributed by atoms with Crippen molar-refractivity contribution in [1.82, 2.24) is 14.9 Å². The van der Waals surface area contributed by atoms with Crippen LogP contribution in [-0.2, 0) is 24.1 Å². The first-order chi connectivity index (χ1) is 17.2. The summed E-state index contributed by atoms with van der Waals surface area (Å²) in [5.74, 6) is 4.39. The van der Waals surface area contributed by atoms with Gasteiger partial charge >= 0.3 is 0 Å². The minimum Gasteiger partial charge on any atom is -0.457 e. The molecule has 4 aromatic rings. The molecule has 0 N–H and O–H groups in total. The van der Waals surface area contributed by atoms with E-state index >= 15 is 0 Å². The molecule has 0 radical (unpaired) electrons. The largest absolute Gasteiger partial charge is 0.457 e. The number of thiophene rings is 1. The number of benzene rings is 2. The summed E-state index contributed by atoms with van der Waals surface area (Å²) >= 11 is 1.81. The number of para-hydroxylation sites is 1. The molecule has 1 aliphatic carbocycles. The van der Waals surface area contributed by atoms with Gasteiger partial charge < -0.3 is 14.2 Å². The monoisotopic (exact) mass is 487 g/mol. The van der Waals surface area contributed by atoms with Gasteiger partial charge in [0.25, 0.3) is 0 Å². The van der Waals surface area contributed by atoms with Gasteiger partial charge in [-0.15, -0.1) is 11.3 Å². The number of aromatic nitrogens is 2. The average molecular weight is 488 g/mol. The maximum Gasteiger partial charge on any atom is 0.231 e. The first-order valence-electron chi connectivity index (χ1n) is 12.3. The molecule has 35 heavy (non-hydrogen) atoms. The lowest BCUT2D eigenvalue weighted by molar-refractivity contribution is 0.0330. The highest BCUT2D eigenvalue weighted by molar-refractivity contribution is 7.18. The molecule has 0 saturated carbocycles. The van der Waals surface area contributed by atoms with Gasteiger partial charge in [0.05, 0.1) is 25.1 Å². The summed E-state index contributed by atoms with van der Waals surface area (Å²) < 4.78 is 18.0. The van der Waals surface area contributed by atoms with E-state index in [2.05, 4.69) is 11.8 Å². The van der Waals surface area contributed by atoms with E-state index in [0.717, 1.165) is 66.7 Å². The molecule has 1 aliphatic heterocycles. The van der Waals surface area contributed by atoms with Gasteiger partial charge in [-0.3, -0.25) is 4.90 Å². The smallest absolute Gasteiger partial charge is 0.231 e. The highest BCUT2D eigenvalue weighted by atomic mass is 32.1. The van der Waals surface area contributed by atoms with Gasteiger partial charge in [0.1, 0.15) is 27.9 Å². The first kappa shape index (κ1) is 22.5. The Hall–Kier alpha value is -3.00. The van der Waals surface area contributed by atoms with E-state index in [9.17, 15) is 0 Å². The molecule has 0 bridgehead atoms. The number of rotatable bonds is 6. The predicted octanol–water partition coefficient (Wildman–Crippen LogP) is 6.23. The Bertz CT molecular complexity index is 1320. The predicted molar refractivity (Wildman–Crippen MR) is 138 cm³/mol. The summed E-state index contributed by atoms with van der Waals surface area (Å²) in [5, 5.41) is 1.08. The number of ether oxygens (including phenoxy) is 3. The summed E-state index contributed by atoms with van der Waals surface area (Å²) in [4.78, 5) is 14.8. The first-order valence-corrected chi connectivity index (χ1v) is 13.1. The molecule has 180 valence electrons. The van der Waals surface area contributed by atoms with E-state index in [1.807, 2.05) is 65.9 Å². The fourth-order valence-corrected chi connectivity index (χ4v) is 6.18. The molecule has 6 rings (SSSR count). The summed E-state index contributed by atoms with van der Waals surface area (Å²) in [7, 11) is 0. The van der Waals surface area contributed by atoms with Crippen LogP contribution in [0.1, 0.15) is 29.6 Å². The Kier molecular flexibility index (Phi) is 6.37. The van der Waals surface area contributed by atoms with Gasteiger partial charge in [-0.2, -0.15) is 4.98 Å². The summed E-state index contributed by atoms with van der Waals surface area (Å²) in [6.45, 7) is 6.34. The number of fused-ring (bicyclic) bond motifs is 3. The quantitative estimate of drug-likeness (QED) is 0.321. The van der Waals surface area contributed by atoms with Crippen LogP contribution < -0.4 is 9.47 Å². The van der Waals surface area contributed by atoms with Crippen LogP contribution >= 0.6 is 11.3 Å². The van der Waals surface area contributed by atoms with Crippen LogP contribution in [0.3, 0.4) is 0 Å². The maximum atomic E-state index is 6.48. The maximum absolute atomic E-state index is 6.48.